The first-order chi connectivity index (χ1) is 9.65. The van der Waals surface area contributed by atoms with E-state index in [1.54, 1.807) is 0 Å². The molecular weight excluding hydrogens is 316 g/mol. The first kappa shape index (κ1) is 13.4. The summed E-state index contributed by atoms with van der Waals surface area (Å²) in [6.07, 6.45) is 0.0111. The Morgan fingerprint density at radius 2 is 1.95 bits per heavy atom. The van der Waals surface area contributed by atoms with Crippen molar-refractivity contribution < 1.29 is 9.52 Å². The second kappa shape index (κ2) is 5.43. The summed E-state index contributed by atoms with van der Waals surface area (Å²) in [5.74, 6) is 0.786. The molecule has 3 heteroatoms. The minimum Gasteiger partial charge on any atom is -0.461 e. The predicted octanol–water partition coefficient (Wildman–Crippen LogP) is 4.78. The molecule has 0 aliphatic rings. The van der Waals surface area contributed by atoms with Crippen molar-refractivity contribution in [3.05, 3.63) is 69.9 Å². The fraction of sp³-hybridized carbons (Fsp3) is 0.176. The summed E-state index contributed by atoms with van der Waals surface area (Å²) in [5.41, 5.74) is 2.81. The molecule has 20 heavy (non-hydrogen) atoms. The van der Waals surface area contributed by atoms with Gasteiger partial charge in [0.05, 0.1) is 6.10 Å². The van der Waals surface area contributed by atoms with Crippen molar-refractivity contribution in [1.82, 2.24) is 0 Å². The van der Waals surface area contributed by atoms with Gasteiger partial charge in [-0.05, 0) is 30.7 Å². The number of fused-ring (bicyclic) bond motifs is 1. The largest absolute Gasteiger partial charge is 0.461 e. The van der Waals surface area contributed by atoms with E-state index in [0.717, 1.165) is 32.3 Å². The zero-order chi connectivity index (χ0) is 14.1. The maximum Gasteiger partial charge on any atom is 0.134 e. The van der Waals surface area contributed by atoms with Gasteiger partial charge < -0.3 is 9.52 Å². The molecule has 3 aromatic rings. The highest BCUT2D eigenvalue weighted by Crippen LogP contribution is 2.32. The zero-order valence-corrected chi connectivity index (χ0v) is 12.7. The first-order valence-electron chi connectivity index (χ1n) is 6.55. The molecule has 1 aromatic heterocycles. The van der Waals surface area contributed by atoms with Crippen molar-refractivity contribution >= 4 is 26.9 Å². The molecule has 0 spiro atoms. The SMILES string of the molecule is Cc1oc2ccccc2c1C(O)Cc1cccc(Br)c1. The Morgan fingerprint density at radius 1 is 1.15 bits per heavy atom. The number of para-hydroxylation sites is 1. The summed E-state index contributed by atoms with van der Waals surface area (Å²) in [5, 5.41) is 11.6. The van der Waals surface area contributed by atoms with Gasteiger partial charge in [-0.25, -0.2) is 0 Å². The van der Waals surface area contributed by atoms with E-state index >= 15 is 0 Å². The van der Waals surface area contributed by atoms with E-state index in [1.165, 1.54) is 0 Å². The summed E-state index contributed by atoms with van der Waals surface area (Å²) in [6.45, 7) is 1.90. The minimum absolute atomic E-state index is 0.562. The van der Waals surface area contributed by atoms with Crippen LogP contribution in [0, 0.1) is 6.92 Å². The van der Waals surface area contributed by atoms with E-state index in [1.807, 2.05) is 55.5 Å². The molecule has 1 heterocycles. The number of hydrogen-bond acceptors (Lipinski definition) is 2. The Morgan fingerprint density at radius 3 is 2.75 bits per heavy atom. The second-order valence-electron chi connectivity index (χ2n) is 4.92. The molecule has 2 aromatic carbocycles. The maximum atomic E-state index is 10.6. The molecule has 0 aliphatic heterocycles. The molecule has 2 nitrogen and oxygen atoms in total. The molecule has 0 saturated carbocycles. The molecule has 0 fully saturated rings. The standard InChI is InChI=1S/C17H15BrO2/c1-11-17(14-7-2-3-8-16(14)20-11)15(19)10-12-5-4-6-13(18)9-12/h2-9,15,19H,10H2,1H3. The normalized spacial score (nSPS) is 12.8. The molecular formula is C17H15BrO2. The number of aliphatic hydroxyl groups is 1. The van der Waals surface area contributed by atoms with Gasteiger partial charge >= 0.3 is 0 Å². The molecule has 0 radical (unpaired) electrons. The number of aliphatic hydroxyl groups excluding tert-OH is 1. The summed E-state index contributed by atoms with van der Waals surface area (Å²) in [6, 6.07) is 15.8. The van der Waals surface area contributed by atoms with Crippen LogP contribution in [-0.2, 0) is 6.42 Å². The van der Waals surface area contributed by atoms with E-state index in [2.05, 4.69) is 15.9 Å². The Hall–Kier alpha value is -1.58. The Labute approximate surface area is 126 Å². The van der Waals surface area contributed by atoms with E-state index in [9.17, 15) is 5.11 Å². The van der Waals surface area contributed by atoms with E-state index in [-0.39, 0.29) is 0 Å². The zero-order valence-electron chi connectivity index (χ0n) is 11.1. The molecule has 0 aliphatic carbocycles. The topological polar surface area (TPSA) is 33.4 Å². The highest BCUT2D eigenvalue weighted by atomic mass is 79.9. The number of benzene rings is 2. The van der Waals surface area contributed by atoms with Crippen LogP contribution in [0.1, 0.15) is 23.0 Å². The Bertz CT molecular complexity index is 746. The monoisotopic (exact) mass is 330 g/mol. The van der Waals surface area contributed by atoms with Crippen molar-refractivity contribution in [3.8, 4) is 0 Å². The lowest BCUT2D eigenvalue weighted by Gasteiger charge is -2.11. The molecule has 0 bridgehead atoms. The molecule has 1 unspecified atom stereocenters. The second-order valence-corrected chi connectivity index (χ2v) is 5.83. The highest BCUT2D eigenvalue weighted by molar-refractivity contribution is 9.10. The van der Waals surface area contributed by atoms with Gasteiger partial charge in [0.2, 0.25) is 0 Å². The van der Waals surface area contributed by atoms with Crippen LogP contribution in [0.25, 0.3) is 11.0 Å². The number of halogens is 1. The fourth-order valence-corrected chi connectivity index (χ4v) is 3.04. The van der Waals surface area contributed by atoms with Crippen LogP contribution in [0.5, 0.6) is 0 Å². The van der Waals surface area contributed by atoms with Crippen molar-refractivity contribution in [3.63, 3.8) is 0 Å². The van der Waals surface area contributed by atoms with E-state index < -0.39 is 6.10 Å². The first-order valence-corrected chi connectivity index (χ1v) is 7.35. The van der Waals surface area contributed by atoms with Crippen molar-refractivity contribution in [1.29, 1.82) is 0 Å². The van der Waals surface area contributed by atoms with Crippen LogP contribution < -0.4 is 0 Å². The lowest BCUT2D eigenvalue weighted by atomic mass is 9.99. The van der Waals surface area contributed by atoms with Crippen molar-refractivity contribution in [2.24, 2.45) is 0 Å². The summed E-state index contributed by atoms with van der Waals surface area (Å²) in [4.78, 5) is 0. The van der Waals surface area contributed by atoms with E-state index in [4.69, 9.17) is 4.42 Å². The highest BCUT2D eigenvalue weighted by Gasteiger charge is 2.18. The van der Waals surface area contributed by atoms with Gasteiger partial charge in [0.25, 0.3) is 0 Å². The molecule has 0 saturated heterocycles. The quantitative estimate of drug-likeness (QED) is 0.749. The van der Waals surface area contributed by atoms with Crippen LogP contribution in [0.4, 0.5) is 0 Å². The van der Waals surface area contributed by atoms with Gasteiger partial charge in [-0.2, -0.15) is 0 Å². The van der Waals surface area contributed by atoms with Crippen molar-refractivity contribution in [2.75, 3.05) is 0 Å². The van der Waals surface area contributed by atoms with Gasteiger partial charge in [0, 0.05) is 21.8 Å². The van der Waals surface area contributed by atoms with Gasteiger partial charge in [-0.1, -0.05) is 46.3 Å². The van der Waals surface area contributed by atoms with Crippen LogP contribution in [-0.4, -0.2) is 5.11 Å². The number of aryl methyl sites for hydroxylation is 1. The number of furan rings is 1. The number of rotatable bonds is 3. The average molecular weight is 331 g/mol. The Balaban J connectivity index is 1.96. The summed E-state index contributed by atoms with van der Waals surface area (Å²) >= 11 is 3.45. The van der Waals surface area contributed by atoms with Gasteiger partial charge in [-0.3, -0.25) is 0 Å². The van der Waals surface area contributed by atoms with Gasteiger partial charge in [0.15, 0.2) is 0 Å². The van der Waals surface area contributed by atoms with E-state index in [0.29, 0.717) is 6.42 Å². The number of hydrogen-bond donors (Lipinski definition) is 1. The average Bonchev–Trinajstić information content (AvgIpc) is 2.74. The maximum absolute atomic E-state index is 10.6. The molecule has 1 atom stereocenters. The third kappa shape index (κ3) is 2.51. The Kier molecular flexibility index (Phi) is 3.64. The van der Waals surface area contributed by atoms with Crippen molar-refractivity contribution in [2.45, 2.75) is 19.4 Å². The van der Waals surface area contributed by atoms with Crippen LogP contribution in [0.15, 0.2) is 57.4 Å². The predicted molar refractivity (Wildman–Crippen MR) is 83.8 cm³/mol. The summed E-state index contributed by atoms with van der Waals surface area (Å²) in [7, 11) is 0. The fourth-order valence-electron chi connectivity index (χ4n) is 2.59. The molecule has 102 valence electrons. The lowest BCUT2D eigenvalue weighted by Crippen LogP contribution is -2.02. The van der Waals surface area contributed by atoms with Crippen LogP contribution in [0.3, 0.4) is 0 Å². The molecule has 1 N–H and O–H groups in total. The smallest absolute Gasteiger partial charge is 0.134 e. The molecule has 3 rings (SSSR count). The summed E-state index contributed by atoms with van der Waals surface area (Å²) < 4.78 is 6.74. The van der Waals surface area contributed by atoms with Gasteiger partial charge in [-0.15, -0.1) is 0 Å². The third-order valence-electron chi connectivity index (χ3n) is 3.47. The third-order valence-corrected chi connectivity index (χ3v) is 3.96. The molecule has 0 amide bonds. The van der Waals surface area contributed by atoms with Gasteiger partial charge in [0.1, 0.15) is 11.3 Å². The van der Waals surface area contributed by atoms with Crippen LogP contribution in [0.2, 0.25) is 0 Å². The lowest BCUT2D eigenvalue weighted by molar-refractivity contribution is 0.177. The van der Waals surface area contributed by atoms with Crippen LogP contribution >= 0.6 is 15.9 Å². The minimum atomic E-state index is -0.562.